The third-order valence-electron chi connectivity index (χ3n) is 4.75. The number of alkyl halides is 6. The van der Waals surface area contributed by atoms with E-state index in [2.05, 4.69) is 31.9 Å². The van der Waals surface area contributed by atoms with Gasteiger partial charge in [0.05, 0.1) is 5.57 Å². The quantitative estimate of drug-likeness (QED) is 0.335. The smallest absolute Gasteiger partial charge is 0.289 e. The van der Waals surface area contributed by atoms with E-state index >= 15 is 0 Å². The number of hydrogen-bond donors (Lipinski definition) is 0. The Bertz CT molecular complexity index is 1260. The molecule has 0 aliphatic heterocycles. The van der Waals surface area contributed by atoms with Crippen molar-refractivity contribution in [3.63, 3.8) is 0 Å². The number of carbonyl (C=O) groups excluding carboxylic acids is 2. The maximum absolute atomic E-state index is 13.3. The second-order valence-corrected chi connectivity index (χ2v) is 8.32. The molecule has 2 nitrogen and oxygen atoms in total. The molecule has 2 aromatic carbocycles. The van der Waals surface area contributed by atoms with Crippen LogP contribution in [-0.4, -0.2) is 23.9 Å². The lowest BCUT2D eigenvalue weighted by Gasteiger charge is -2.26. The van der Waals surface area contributed by atoms with Gasteiger partial charge in [0.25, 0.3) is 0 Å². The van der Waals surface area contributed by atoms with Crippen LogP contribution in [0.4, 0.5) is 26.3 Å². The van der Waals surface area contributed by atoms with Crippen LogP contribution in [0.1, 0.15) is 15.9 Å². The van der Waals surface area contributed by atoms with E-state index in [1.54, 1.807) is 12.1 Å². The van der Waals surface area contributed by atoms with Crippen molar-refractivity contribution in [3.8, 4) is 0 Å². The van der Waals surface area contributed by atoms with Crippen molar-refractivity contribution in [2.75, 3.05) is 0 Å². The van der Waals surface area contributed by atoms with Gasteiger partial charge in [-0.3, -0.25) is 9.59 Å². The molecule has 0 spiro atoms. The lowest BCUT2D eigenvalue weighted by Crippen LogP contribution is -2.33. The number of rotatable bonds is 0. The predicted octanol–water partition coefficient (Wildman–Crippen LogP) is 6.87. The molecular weight excluding hydrogens is 546 g/mol. The summed E-state index contributed by atoms with van der Waals surface area (Å²) >= 11 is 6.62. The zero-order chi connectivity index (χ0) is 22.2. The van der Waals surface area contributed by atoms with E-state index in [0.29, 0.717) is 19.7 Å². The fraction of sp³-hybridized carbons (Fsp3) is 0.100. The Balaban J connectivity index is 2.00. The molecule has 0 saturated carbocycles. The molecule has 2 aliphatic carbocycles. The fourth-order valence-electron chi connectivity index (χ4n) is 3.44. The molecule has 0 heterocycles. The first-order valence-corrected chi connectivity index (χ1v) is 9.72. The van der Waals surface area contributed by atoms with Gasteiger partial charge in [0, 0.05) is 25.7 Å². The molecule has 0 fully saturated rings. The molecule has 4 rings (SSSR count). The zero-order valence-electron chi connectivity index (χ0n) is 14.3. The standard InChI is InChI=1S/C20H6Br2F6O2/c21-14-4-7-1-9-3-11-12(17(29)10(9)2-8(7)5-15(14)22)6-13(19(23,24)25)16(18(11)30)20(26,27)28/h1-6H. The summed E-state index contributed by atoms with van der Waals surface area (Å²) < 4.78 is 81.0. The number of fused-ring (bicyclic) bond motifs is 3. The van der Waals surface area contributed by atoms with Gasteiger partial charge in [0.2, 0.25) is 0 Å². The first kappa shape index (κ1) is 21.0. The highest BCUT2D eigenvalue weighted by molar-refractivity contribution is 9.13. The fourth-order valence-corrected chi connectivity index (χ4v) is 4.16. The van der Waals surface area contributed by atoms with Gasteiger partial charge in [-0.15, -0.1) is 0 Å². The Kier molecular flexibility index (Phi) is 4.66. The van der Waals surface area contributed by atoms with Gasteiger partial charge in [-0.2, -0.15) is 26.3 Å². The van der Waals surface area contributed by atoms with Gasteiger partial charge >= 0.3 is 12.4 Å². The summed E-state index contributed by atoms with van der Waals surface area (Å²) in [4.78, 5) is 25.3. The normalized spacial score (nSPS) is 17.1. The molecule has 0 bridgehead atoms. The van der Waals surface area contributed by atoms with E-state index in [9.17, 15) is 35.9 Å². The SMILES string of the molecule is O=C1C2=Cc3cc4cc(Br)c(Br)cc4cc3C(=O)C2=CC(C(F)(F)F)=C1C(F)(F)F. The zero-order valence-corrected chi connectivity index (χ0v) is 17.5. The van der Waals surface area contributed by atoms with Gasteiger partial charge in [0.1, 0.15) is 5.57 Å². The number of halogens is 8. The maximum Gasteiger partial charge on any atom is 0.420 e. The van der Waals surface area contributed by atoms with Crippen molar-refractivity contribution in [1.29, 1.82) is 0 Å². The van der Waals surface area contributed by atoms with Crippen molar-refractivity contribution in [1.82, 2.24) is 0 Å². The highest BCUT2D eigenvalue weighted by Gasteiger charge is 2.52. The van der Waals surface area contributed by atoms with Crippen molar-refractivity contribution >= 4 is 60.3 Å². The Hall–Kier alpha value is -2.20. The van der Waals surface area contributed by atoms with Crippen LogP contribution in [0, 0.1) is 0 Å². The Labute approximate surface area is 181 Å². The monoisotopic (exact) mass is 550 g/mol. The second-order valence-electron chi connectivity index (χ2n) is 6.61. The molecule has 0 saturated heterocycles. The molecule has 0 N–H and O–H groups in total. The number of allylic oxidation sites excluding steroid dienone is 5. The van der Waals surface area contributed by atoms with Crippen molar-refractivity contribution < 1.29 is 35.9 Å². The Morgan fingerprint density at radius 3 is 1.73 bits per heavy atom. The van der Waals surface area contributed by atoms with Gasteiger partial charge in [-0.1, -0.05) is 0 Å². The highest BCUT2D eigenvalue weighted by atomic mass is 79.9. The van der Waals surface area contributed by atoms with Crippen molar-refractivity contribution in [2.45, 2.75) is 12.4 Å². The lowest BCUT2D eigenvalue weighted by atomic mass is 9.77. The molecule has 0 atom stereocenters. The van der Waals surface area contributed by atoms with E-state index in [-0.39, 0.29) is 17.2 Å². The predicted molar refractivity (Wildman–Crippen MR) is 104 cm³/mol. The third kappa shape index (κ3) is 3.26. The number of benzene rings is 2. The Morgan fingerprint density at radius 2 is 1.20 bits per heavy atom. The maximum atomic E-state index is 13.3. The van der Waals surface area contributed by atoms with Crippen LogP contribution in [0.5, 0.6) is 0 Å². The minimum Gasteiger partial charge on any atom is -0.289 e. The van der Waals surface area contributed by atoms with Crippen LogP contribution in [-0.2, 0) is 4.79 Å². The van der Waals surface area contributed by atoms with Crippen molar-refractivity contribution in [3.05, 3.63) is 72.7 Å². The van der Waals surface area contributed by atoms with Crippen LogP contribution >= 0.6 is 31.9 Å². The average Bonchev–Trinajstić information content (AvgIpc) is 2.60. The van der Waals surface area contributed by atoms with Gasteiger partial charge in [-0.05, 0) is 84.6 Å². The third-order valence-corrected chi connectivity index (χ3v) is 6.59. The highest BCUT2D eigenvalue weighted by Crippen LogP contribution is 2.45. The van der Waals surface area contributed by atoms with E-state index in [0.717, 1.165) is 6.08 Å². The average molecular weight is 552 g/mol. The summed E-state index contributed by atoms with van der Waals surface area (Å²) in [7, 11) is 0. The van der Waals surface area contributed by atoms with Crippen LogP contribution in [0.25, 0.3) is 16.8 Å². The second kappa shape index (κ2) is 6.65. The first-order valence-electron chi connectivity index (χ1n) is 8.13. The summed E-state index contributed by atoms with van der Waals surface area (Å²) in [5.41, 5.74) is -5.76. The lowest BCUT2D eigenvalue weighted by molar-refractivity contribution is -0.132. The molecule has 0 unspecified atom stereocenters. The minimum atomic E-state index is -5.53. The van der Waals surface area contributed by atoms with E-state index in [4.69, 9.17) is 0 Å². The summed E-state index contributed by atoms with van der Waals surface area (Å²) in [6.07, 6.45) is -9.85. The van der Waals surface area contributed by atoms with Crippen LogP contribution < -0.4 is 0 Å². The topological polar surface area (TPSA) is 34.1 Å². The number of hydrogen-bond acceptors (Lipinski definition) is 2. The molecular formula is C20H6Br2F6O2. The molecule has 0 aromatic heterocycles. The van der Waals surface area contributed by atoms with Gasteiger partial charge in [0.15, 0.2) is 11.6 Å². The van der Waals surface area contributed by atoms with E-state index in [1.807, 2.05) is 0 Å². The van der Waals surface area contributed by atoms with Crippen LogP contribution in [0.15, 0.2) is 61.6 Å². The van der Waals surface area contributed by atoms with Crippen LogP contribution in [0.3, 0.4) is 0 Å². The molecule has 2 aromatic rings. The largest absolute Gasteiger partial charge is 0.420 e. The summed E-state index contributed by atoms with van der Waals surface area (Å²) in [5.74, 6) is -2.82. The Morgan fingerprint density at radius 1 is 0.667 bits per heavy atom. The first-order chi connectivity index (χ1) is 13.8. The number of carbonyl (C=O) groups is 2. The molecule has 0 radical (unpaired) electrons. The van der Waals surface area contributed by atoms with Crippen LogP contribution in [0.2, 0.25) is 0 Å². The van der Waals surface area contributed by atoms with E-state index in [1.165, 1.54) is 12.1 Å². The summed E-state index contributed by atoms with van der Waals surface area (Å²) in [6, 6.07) is 6.29. The molecule has 10 heteroatoms. The minimum absolute atomic E-state index is 0.00324. The number of Topliss-reactive ketones (excluding diaryl/α,β-unsaturated/α-hetero) is 2. The molecule has 0 amide bonds. The number of ketones is 2. The molecule has 154 valence electrons. The van der Waals surface area contributed by atoms with Crippen molar-refractivity contribution in [2.24, 2.45) is 0 Å². The summed E-state index contributed by atoms with van der Waals surface area (Å²) in [6.45, 7) is 0. The molecule has 2 aliphatic rings. The summed E-state index contributed by atoms with van der Waals surface area (Å²) in [5, 5.41) is 1.20. The van der Waals surface area contributed by atoms with Gasteiger partial charge < -0.3 is 0 Å². The molecule has 30 heavy (non-hydrogen) atoms. The van der Waals surface area contributed by atoms with Gasteiger partial charge in [-0.25, -0.2) is 0 Å². The van der Waals surface area contributed by atoms with E-state index < -0.39 is 46.2 Å².